The zero-order valence-corrected chi connectivity index (χ0v) is 15.1. The molecule has 1 heterocycles. The molecule has 6 nitrogen and oxygen atoms in total. The molecule has 6 heteroatoms. The number of hydrogen-bond acceptors (Lipinski definition) is 4. The van der Waals surface area contributed by atoms with E-state index in [1.165, 1.54) is 14.2 Å². The average molecular weight is 354 g/mol. The maximum Gasteiger partial charge on any atom is 0.259 e. The second kappa shape index (κ2) is 7.47. The molecular weight excluding hydrogens is 332 g/mol. The molecule has 2 aromatic rings. The zero-order valence-electron chi connectivity index (χ0n) is 15.1. The average Bonchev–Trinajstić information content (AvgIpc) is 3.10. The van der Waals surface area contributed by atoms with Crippen LogP contribution in [0, 0.1) is 0 Å². The first-order chi connectivity index (χ1) is 12.6. The van der Waals surface area contributed by atoms with Crippen molar-refractivity contribution in [2.45, 2.75) is 19.4 Å². The van der Waals surface area contributed by atoms with Crippen LogP contribution in [-0.4, -0.2) is 38.6 Å². The minimum Gasteiger partial charge on any atom is -0.496 e. The van der Waals surface area contributed by atoms with Crippen molar-refractivity contribution in [2.24, 2.45) is 0 Å². The molecule has 2 amide bonds. The van der Waals surface area contributed by atoms with Crippen LogP contribution in [0.2, 0.25) is 0 Å². The van der Waals surface area contributed by atoms with Gasteiger partial charge in [0.1, 0.15) is 23.1 Å². The van der Waals surface area contributed by atoms with Crippen LogP contribution in [0.15, 0.2) is 42.5 Å². The van der Waals surface area contributed by atoms with Gasteiger partial charge in [-0.3, -0.25) is 9.59 Å². The van der Waals surface area contributed by atoms with Crippen LogP contribution >= 0.6 is 0 Å². The summed E-state index contributed by atoms with van der Waals surface area (Å²) in [6.07, 6.45) is 0.822. The summed E-state index contributed by atoms with van der Waals surface area (Å²) in [5, 5.41) is 2.76. The van der Waals surface area contributed by atoms with Crippen LogP contribution in [0.1, 0.15) is 22.8 Å². The highest BCUT2D eigenvalue weighted by molar-refractivity contribution is 6.05. The number of methoxy groups -OCH3 is 2. The van der Waals surface area contributed by atoms with E-state index in [2.05, 4.69) is 5.32 Å². The number of anilines is 1. The topological polar surface area (TPSA) is 67.9 Å². The fourth-order valence-electron chi connectivity index (χ4n) is 3.21. The van der Waals surface area contributed by atoms with Crippen LogP contribution in [-0.2, 0) is 11.2 Å². The molecule has 3 rings (SSSR count). The third kappa shape index (κ3) is 3.22. The molecular formula is C20H22N2O4. The van der Waals surface area contributed by atoms with Gasteiger partial charge < -0.3 is 19.7 Å². The molecule has 0 saturated heterocycles. The molecule has 0 aliphatic carbocycles. The van der Waals surface area contributed by atoms with Crippen molar-refractivity contribution in [1.29, 1.82) is 0 Å². The minimum atomic E-state index is -0.678. The molecule has 26 heavy (non-hydrogen) atoms. The van der Waals surface area contributed by atoms with Gasteiger partial charge >= 0.3 is 0 Å². The Hall–Kier alpha value is -3.02. The number of nitrogens with zero attached hydrogens (tertiary/aromatic N) is 1. The Morgan fingerprint density at radius 1 is 1.04 bits per heavy atom. The van der Waals surface area contributed by atoms with Crippen molar-refractivity contribution in [3.05, 3.63) is 53.6 Å². The number of amides is 2. The molecule has 0 aromatic heterocycles. The van der Waals surface area contributed by atoms with Gasteiger partial charge in [-0.05, 0) is 37.1 Å². The number of hydrogen-bond donors (Lipinski definition) is 1. The summed E-state index contributed by atoms with van der Waals surface area (Å²) in [5.41, 5.74) is 2.33. The fourth-order valence-corrected chi connectivity index (χ4v) is 3.21. The van der Waals surface area contributed by atoms with Gasteiger partial charge in [-0.15, -0.1) is 0 Å². The number of para-hydroxylation sites is 1. The van der Waals surface area contributed by atoms with E-state index in [9.17, 15) is 9.59 Å². The third-order valence-electron chi connectivity index (χ3n) is 4.53. The lowest BCUT2D eigenvalue weighted by molar-refractivity contribution is -0.119. The smallest absolute Gasteiger partial charge is 0.259 e. The Labute approximate surface area is 152 Å². The molecule has 0 fully saturated rings. The second-order valence-corrected chi connectivity index (χ2v) is 6.10. The molecule has 1 aliphatic heterocycles. The maximum atomic E-state index is 12.8. The quantitative estimate of drug-likeness (QED) is 0.895. The maximum absolute atomic E-state index is 12.8. The van der Waals surface area contributed by atoms with Crippen molar-refractivity contribution in [3.63, 3.8) is 0 Å². The molecule has 0 bridgehead atoms. The van der Waals surface area contributed by atoms with E-state index in [0.29, 0.717) is 18.0 Å². The summed E-state index contributed by atoms with van der Waals surface area (Å²) in [7, 11) is 2.97. The van der Waals surface area contributed by atoms with E-state index >= 15 is 0 Å². The molecule has 1 aliphatic rings. The van der Waals surface area contributed by atoms with E-state index in [0.717, 1.165) is 17.7 Å². The molecule has 0 unspecified atom stereocenters. The predicted molar refractivity (Wildman–Crippen MR) is 99.0 cm³/mol. The highest BCUT2D eigenvalue weighted by atomic mass is 16.5. The molecule has 2 aromatic carbocycles. The molecule has 1 N–H and O–H groups in total. The monoisotopic (exact) mass is 354 g/mol. The first kappa shape index (κ1) is 17.8. The summed E-state index contributed by atoms with van der Waals surface area (Å²) in [6.45, 7) is 2.30. The van der Waals surface area contributed by atoms with E-state index < -0.39 is 11.9 Å². The van der Waals surface area contributed by atoms with Gasteiger partial charge in [0.15, 0.2) is 0 Å². The Morgan fingerprint density at radius 3 is 2.35 bits per heavy atom. The summed E-state index contributed by atoms with van der Waals surface area (Å²) in [5.74, 6) is 0.242. The van der Waals surface area contributed by atoms with Crippen LogP contribution in [0.5, 0.6) is 11.5 Å². The van der Waals surface area contributed by atoms with Crippen LogP contribution in [0.3, 0.4) is 0 Å². The zero-order chi connectivity index (χ0) is 18.7. The summed E-state index contributed by atoms with van der Waals surface area (Å²) in [6, 6.07) is 12.2. The summed E-state index contributed by atoms with van der Waals surface area (Å²) >= 11 is 0. The lowest BCUT2D eigenvalue weighted by atomic mass is 10.1. The molecule has 0 saturated carbocycles. The second-order valence-electron chi connectivity index (χ2n) is 6.10. The van der Waals surface area contributed by atoms with E-state index in [1.54, 1.807) is 30.0 Å². The lowest BCUT2D eigenvalue weighted by Gasteiger charge is -2.23. The highest BCUT2D eigenvalue weighted by Gasteiger charge is 2.29. The Morgan fingerprint density at radius 2 is 1.69 bits per heavy atom. The van der Waals surface area contributed by atoms with Crippen molar-refractivity contribution in [3.8, 4) is 11.5 Å². The number of carbonyl (C=O) groups is 2. The number of fused-ring (bicyclic) bond motifs is 1. The highest BCUT2D eigenvalue weighted by Crippen LogP contribution is 2.29. The van der Waals surface area contributed by atoms with Crippen molar-refractivity contribution in [2.75, 3.05) is 25.7 Å². The van der Waals surface area contributed by atoms with Gasteiger partial charge in [0.05, 0.1) is 14.2 Å². The number of benzene rings is 2. The van der Waals surface area contributed by atoms with E-state index in [1.807, 2.05) is 24.3 Å². The Kier molecular flexibility index (Phi) is 5.11. The number of ether oxygens (including phenoxy) is 2. The SMILES string of the molecule is COc1cccc(OC)c1C(=O)N[C@@H](C)C(=O)N1CCc2ccccc21. The molecule has 0 spiro atoms. The van der Waals surface area contributed by atoms with Crippen molar-refractivity contribution < 1.29 is 19.1 Å². The first-order valence-electron chi connectivity index (χ1n) is 8.48. The molecule has 0 radical (unpaired) electrons. The van der Waals surface area contributed by atoms with Gasteiger partial charge in [0.25, 0.3) is 5.91 Å². The molecule has 1 atom stereocenters. The number of rotatable bonds is 5. The van der Waals surface area contributed by atoms with Crippen LogP contribution in [0.4, 0.5) is 5.69 Å². The van der Waals surface area contributed by atoms with Crippen molar-refractivity contribution in [1.82, 2.24) is 5.32 Å². The van der Waals surface area contributed by atoms with Gasteiger partial charge in [-0.2, -0.15) is 0 Å². The predicted octanol–water partition coefficient (Wildman–Crippen LogP) is 2.41. The van der Waals surface area contributed by atoms with Gasteiger partial charge in [0, 0.05) is 12.2 Å². The van der Waals surface area contributed by atoms with Crippen LogP contribution < -0.4 is 19.7 Å². The molecule has 136 valence electrons. The Bertz CT molecular complexity index is 812. The number of nitrogens with one attached hydrogen (secondary N) is 1. The van der Waals surface area contributed by atoms with Crippen LogP contribution in [0.25, 0.3) is 0 Å². The van der Waals surface area contributed by atoms with E-state index in [4.69, 9.17) is 9.47 Å². The normalized spacial score (nSPS) is 13.7. The van der Waals surface area contributed by atoms with Gasteiger partial charge in [-0.1, -0.05) is 24.3 Å². The number of carbonyl (C=O) groups excluding carboxylic acids is 2. The Balaban J connectivity index is 1.78. The van der Waals surface area contributed by atoms with E-state index in [-0.39, 0.29) is 11.5 Å². The summed E-state index contributed by atoms with van der Waals surface area (Å²) < 4.78 is 10.5. The summed E-state index contributed by atoms with van der Waals surface area (Å²) in [4.78, 5) is 27.3. The van der Waals surface area contributed by atoms with Gasteiger partial charge in [-0.25, -0.2) is 0 Å². The van der Waals surface area contributed by atoms with Gasteiger partial charge in [0.2, 0.25) is 5.91 Å². The standard InChI is InChI=1S/C20H22N2O4/c1-13(20(24)22-12-11-14-7-4-5-8-15(14)22)21-19(23)18-16(25-2)9-6-10-17(18)26-3/h4-10,13H,11-12H2,1-3H3,(H,21,23)/t13-/m0/s1. The lowest BCUT2D eigenvalue weighted by Crippen LogP contribution is -2.46. The van der Waals surface area contributed by atoms with Crippen molar-refractivity contribution >= 4 is 17.5 Å². The fraction of sp³-hybridized carbons (Fsp3) is 0.300. The largest absolute Gasteiger partial charge is 0.496 e. The third-order valence-corrected chi connectivity index (χ3v) is 4.53. The first-order valence-corrected chi connectivity index (χ1v) is 8.48. The minimum absolute atomic E-state index is 0.142.